The van der Waals surface area contributed by atoms with Crippen molar-refractivity contribution in [1.29, 1.82) is 0 Å². The normalized spacial score (nSPS) is 11.2. The van der Waals surface area contributed by atoms with Crippen molar-refractivity contribution >= 4 is 37.7 Å². The molecule has 0 fully saturated rings. The first-order valence-electron chi connectivity index (χ1n) is 6.44. The minimum atomic E-state index is 1.08. The second-order valence-corrected chi connectivity index (χ2v) is 5.64. The molecule has 0 aliphatic heterocycles. The summed E-state index contributed by atoms with van der Waals surface area (Å²) in [5.74, 6) is 0. The first-order chi connectivity index (χ1) is 9.84. The van der Waals surface area contributed by atoms with Crippen molar-refractivity contribution in [1.82, 2.24) is 9.55 Å². The average Bonchev–Trinajstić information content (AvgIpc) is 2.82. The van der Waals surface area contributed by atoms with Crippen molar-refractivity contribution in [2.24, 2.45) is 0 Å². The van der Waals surface area contributed by atoms with Gasteiger partial charge in [-0.2, -0.15) is 0 Å². The third kappa shape index (κ3) is 1.67. The molecule has 2 nitrogen and oxygen atoms in total. The average molecular weight is 323 g/mol. The Morgan fingerprint density at radius 1 is 0.850 bits per heavy atom. The highest BCUT2D eigenvalue weighted by Crippen LogP contribution is 2.31. The van der Waals surface area contributed by atoms with Crippen LogP contribution in [-0.2, 0) is 0 Å². The van der Waals surface area contributed by atoms with Crippen LogP contribution in [0.5, 0.6) is 0 Å². The van der Waals surface area contributed by atoms with E-state index in [2.05, 4.69) is 74.0 Å². The largest absolute Gasteiger partial charge is 0.309 e. The number of rotatable bonds is 1. The van der Waals surface area contributed by atoms with Crippen molar-refractivity contribution in [3.8, 4) is 5.69 Å². The molecular weight excluding hydrogens is 312 g/mol. The number of aromatic nitrogens is 2. The van der Waals surface area contributed by atoms with Crippen LogP contribution in [0.3, 0.4) is 0 Å². The van der Waals surface area contributed by atoms with E-state index in [1.54, 1.807) is 0 Å². The van der Waals surface area contributed by atoms with Gasteiger partial charge in [0.15, 0.2) is 0 Å². The number of para-hydroxylation sites is 1. The van der Waals surface area contributed by atoms with Gasteiger partial charge in [0.25, 0.3) is 0 Å². The standard InChI is InChI=1S/C17H11BrN2/c18-12-4-3-5-13(10-12)20-16-7-2-1-6-14(16)15-11-19-9-8-17(15)20/h1-11H. The second-order valence-electron chi connectivity index (χ2n) is 4.73. The number of halogens is 1. The van der Waals surface area contributed by atoms with E-state index in [0.717, 1.165) is 10.2 Å². The monoisotopic (exact) mass is 322 g/mol. The maximum atomic E-state index is 4.26. The number of hydrogen-bond acceptors (Lipinski definition) is 1. The Balaban J connectivity index is 2.21. The van der Waals surface area contributed by atoms with Crippen LogP contribution >= 0.6 is 15.9 Å². The minimum Gasteiger partial charge on any atom is -0.309 e. The molecule has 2 aromatic heterocycles. The molecule has 20 heavy (non-hydrogen) atoms. The van der Waals surface area contributed by atoms with Crippen LogP contribution in [0.2, 0.25) is 0 Å². The van der Waals surface area contributed by atoms with Crippen molar-refractivity contribution in [3.05, 3.63) is 71.5 Å². The van der Waals surface area contributed by atoms with Gasteiger partial charge in [-0.05, 0) is 30.3 Å². The highest BCUT2D eigenvalue weighted by molar-refractivity contribution is 9.10. The second kappa shape index (κ2) is 4.46. The zero-order chi connectivity index (χ0) is 13.5. The molecule has 0 spiro atoms. The van der Waals surface area contributed by atoms with Crippen LogP contribution in [0.1, 0.15) is 0 Å². The molecule has 3 heteroatoms. The Morgan fingerprint density at radius 2 is 1.70 bits per heavy atom. The number of hydrogen-bond donors (Lipinski definition) is 0. The first kappa shape index (κ1) is 11.7. The summed E-state index contributed by atoms with van der Waals surface area (Å²) >= 11 is 3.55. The molecule has 0 bridgehead atoms. The summed E-state index contributed by atoms with van der Waals surface area (Å²) in [7, 11) is 0. The zero-order valence-corrected chi connectivity index (χ0v) is 12.2. The molecule has 0 aliphatic carbocycles. The summed E-state index contributed by atoms with van der Waals surface area (Å²) < 4.78 is 3.35. The van der Waals surface area contributed by atoms with Crippen LogP contribution < -0.4 is 0 Å². The summed E-state index contributed by atoms with van der Waals surface area (Å²) in [6.07, 6.45) is 3.78. The molecule has 0 radical (unpaired) electrons. The Kier molecular flexibility index (Phi) is 2.60. The maximum Gasteiger partial charge on any atom is 0.0571 e. The number of nitrogens with zero attached hydrogens (tertiary/aromatic N) is 2. The number of pyridine rings is 1. The number of benzene rings is 2. The van der Waals surface area contributed by atoms with Gasteiger partial charge in [-0.25, -0.2) is 0 Å². The fourth-order valence-corrected chi connectivity index (χ4v) is 3.10. The lowest BCUT2D eigenvalue weighted by atomic mass is 10.2. The molecule has 4 aromatic rings. The van der Waals surface area contributed by atoms with Crippen LogP contribution in [0.15, 0.2) is 71.5 Å². The molecule has 0 amide bonds. The summed E-state index contributed by atoms with van der Waals surface area (Å²) in [4.78, 5) is 4.26. The highest BCUT2D eigenvalue weighted by atomic mass is 79.9. The fraction of sp³-hybridized carbons (Fsp3) is 0. The summed E-state index contributed by atoms with van der Waals surface area (Å²) in [6.45, 7) is 0. The van der Waals surface area contributed by atoms with Crippen LogP contribution in [0.25, 0.3) is 27.5 Å². The van der Waals surface area contributed by atoms with E-state index in [1.807, 2.05) is 18.5 Å². The Labute approximate surface area is 124 Å². The van der Waals surface area contributed by atoms with Crippen LogP contribution in [-0.4, -0.2) is 9.55 Å². The molecule has 0 unspecified atom stereocenters. The van der Waals surface area contributed by atoms with Gasteiger partial charge in [0, 0.05) is 33.3 Å². The molecular formula is C17H11BrN2. The Hall–Kier alpha value is -2.13. The van der Waals surface area contributed by atoms with E-state index >= 15 is 0 Å². The molecule has 2 heterocycles. The highest BCUT2D eigenvalue weighted by Gasteiger charge is 2.11. The molecule has 2 aromatic carbocycles. The van der Waals surface area contributed by atoms with Gasteiger partial charge in [-0.3, -0.25) is 4.98 Å². The van der Waals surface area contributed by atoms with E-state index in [4.69, 9.17) is 0 Å². The summed E-state index contributed by atoms with van der Waals surface area (Å²) in [5, 5.41) is 2.42. The SMILES string of the molecule is Brc1cccc(-n2c3ccccc3c3cnccc32)c1. The van der Waals surface area contributed by atoms with Crippen molar-refractivity contribution in [2.75, 3.05) is 0 Å². The summed E-state index contributed by atoms with van der Waals surface area (Å²) in [5.41, 5.74) is 3.53. The molecule has 96 valence electrons. The molecule has 0 N–H and O–H groups in total. The lowest BCUT2D eigenvalue weighted by Crippen LogP contribution is -1.93. The fourth-order valence-electron chi connectivity index (χ4n) is 2.71. The van der Waals surface area contributed by atoms with Crippen LogP contribution in [0, 0.1) is 0 Å². The van der Waals surface area contributed by atoms with E-state index < -0.39 is 0 Å². The van der Waals surface area contributed by atoms with Gasteiger partial charge >= 0.3 is 0 Å². The molecule has 0 atom stereocenters. The van der Waals surface area contributed by atoms with Gasteiger partial charge in [0.2, 0.25) is 0 Å². The molecule has 0 saturated heterocycles. The van der Waals surface area contributed by atoms with Gasteiger partial charge in [0.05, 0.1) is 11.0 Å². The Morgan fingerprint density at radius 3 is 2.60 bits per heavy atom. The lowest BCUT2D eigenvalue weighted by Gasteiger charge is -2.07. The van der Waals surface area contributed by atoms with Crippen molar-refractivity contribution in [2.45, 2.75) is 0 Å². The first-order valence-corrected chi connectivity index (χ1v) is 7.23. The maximum absolute atomic E-state index is 4.26. The predicted molar refractivity (Wildman–Crippen MR) is 86.3 cm³/mol. The van der Waals surface area contributed by atoms with Crippen LogP contribution in [0.4, 0.5) is 0 Å². The topological polar surface area (TPSA) is 17.8 Å². The summed E-state index contributed by atoms with van der Waals surface area (Å²) in [6, 6.07) is 18.9. The number of fused-ring (bicyclic) bond motifs is 3. The Bertz CT molecular complexity index is 871. The van der Waals surface area contributed by atoms with Gasteiger partial charge in [0.1, 0.15) is 0 Å². The molecule has 0 aliphatic rings. The third-order valence-electron chi connectivity index (χ3n) is 3.54. The van der Waals surface area contributed by atoms with Gasteiger partial charge < -0.3 is 4.57 Å². The molecule has 4 rings (SSSR count). The predicted octanol–water partition coefficient (Wildman–Crippen LogP) is 4.94. The smallest absolute Gasteiger partial charge is 0.0571 e. The van der Waals surface area contributed by atoms with E-state index in [0.29, 0.717) is 0 Å². The van der Waals surface area contributed by atoms with Crippen molar-refractivity contribution < 1.29 is 0 Å². The van der Waals surface area contributed by atoms with Gasteiger partial charge in [-0.1, -0.05) is 40.2 Å². The lowest BCUT2D eigenvalue weighted by molar-refractivity contribution is 1.17. The van der Waals surface area contributed by atoms with E-state index in [-0.39, 0.29) is 0 Å². The van der Waals surface area contributed by atoms with Gasteiger partial charge in [-0.15, -0.1) is 0 Å². The zero-order valence-electron chi connectivity index (χ0n) is 10.6. The molecule has 0 saturated carbocycles. The quantitative estimate of drug-likeness (QED) is 0.485. The van der Waals surface area contributed by atoms with Crippen molar-refractivity contribution in [3.63, 3.8) is 0 Å². The van der Waals surface area contributed by atoms with E-state index in [9.17, 15) is 0 Å². The third-order valence-corrected chi connectivity index (χ3v) is 4.03. The van der Waals surface area contributed by atoms with E-state index in [1.165, 1.54) is 21.8 Å². The minimum absolute atomic E-state index is 1.08.